The topological polar surface area (TPSA) is 32.3 Å². The molecule has 2 fully saturated rings. The van der Waals surface area contributed by atoms with Crippen molar-refractivity contribution in [3.8, 4) is 0 Å². The minimum atomic E-state index is 0.319. The number of carbonyl (C=O) groups excluding carboxylic acids is 1. The Labute approximate surface area is 92.2 Å². The van der Waals surface area contributed by atoms with Gasteiger partial charge in [-0.05, 0) is 33.2 Å². The number of carbonyl (C=O) groups is 1. The van der Waals surface area contributed by atoms with Crippen molar-refractivity contribution in [2.45, 2.75) is 57.7 Å². The molecule has 0 saturated carbocycles. The van der Waals surface area contributed by atoms with E-state index in [2.05, 4.69) is 17.1 Å². The van der Waals surface area contributed by atoms with E-state index >= 15 is 0 Å². The van der Waals surface area contributed by atoms with E-state index in [0.717, 1.165) is 6.54 Å². The Balaban J connectivity index is 2.05. The molecule has 3 heteroatoms. The average molecular weight is 210 g/mol. The van der Waals surface area contributed by atoms with E-state index in [1.807, 2.05) is 0 Å². The number of Topliss-reactive ketones (excluding diaryl/α,β-unsaturated/α-hetero) is 1. The zero-order valence-electron chi connectivity index (χ0n) is 9.83. The Bertz CT molecular complexity index is 242. The average Bonchev–Trinajstić information content (AvgIpc) is 2.22. The summed E-state index contributed by atoms with van der Waals surface area (Å²) in [6.45, 7) is 6.21. The fourth-order valence-electron chi connectivity index (χ4n) is 3.01. The van der Waals surface area contributed by atoms with Crippen molar-refractivity contribution in [2.24, 2.45) is 0 Å². The zero-order valence-corrected chi connectivity index (χ0v) is 9.83. The van der Waals surface area contributed by atoms with Crippen LogP contribution in [-0.2, 0) is 4.79 Å². The van der Waals surface area contributed by atoms with E-state index < -0.39 is 0 Å². The molecule has 2 rings (SSSR count). The molecule has 0 bridgehead atoms. The predicted octanol–water partition coefficient (Wildman–Crippen LogP) is 1.18. The van der Waals surface area contributed by atoms with E-state index in [9.17, 15) is 4.79 Å². The fraction of sp³-hybridized carbons (Fsp3) is 0.917. The molecule has 2 aliphatic rings. The molecule has 0 aliphatic carbocycles. The van der Waals surface area contributed by atoms with Gasteiger partial charge in [0, 0.05) is 31.1 Å². The van der Waals surface area contributed by atoms with Crippen LogP contribution in [0.15, 0.2) is 0 Å². The molecule has 2 aliphatic heterocycles. The van der Waals surface area contributed by atoms with Crippen molar-refractivity contribution in [3.05, 3.63) is 0 Å². The summed E-state index contributed by atoms with van der Waals surface area (Å²) < 4.78 is 0. The van der Waals surface area contributed by atoms with Gasteiger partial charge in [0.05, 0.1) is 0 Å². The summed E-state index contributed by atoms with van der Waals surface area (Å²) in [5, 5.41) is 3.54. The number of hydrogen-bond donors (Lipinski definition) is 1. The molecular formula is C12H22N2O. The summed E-state index contributed by atoms with van der Waals surface area (Å²) in [6, 6.07) is 1.57. The smallest absolute Gasteiger partial charge is 0.131 e. The number of piperazine rings is 1. The van der Waals surface area contributed by atoms with Gasteiger partial charge in [-0.15, -0.1) is 0 Å². The van der Waals surface area contributed by atoms with E-state index in [4.69, 9.17) is 0 Å². The highest BCUT2D eigenvalue weighted by Crippen LogP contribution is 2.25. The van der Waals surface area contributed by atoms with Crippen molar-refractivity contribution < 1.29 is 4.79 Å². The zero-order chi connectivity index (χ0) is 10.8. The number of hydrogen-bond acceptors (Lipinski definition) is 3. The van der Waals surface area contributed by atoms with Crippen LogP contribution in [0.5, 0.6) is 0 Å². The molecule has 15 heavy (non-hydrogen) atoms. The number of piperidine rings is 1. The van der Waals surface area contributed by atoms with Gasteiger partial charge in [-0.1, -0.05) is 6.42 Å². The number of ketones is 1. The first-order valence-corrected chi connectivity index (χ1v) is 6.17. The van der Waals surface area contributed by atoms with Crippen LogP contribution in [-0.4, -0.2) is 41.9 Å². The Kier molecular flexibility index (Phi) is 3.42. The van der Waals surface area contributed by atoms with Gasteiger partial charge in [0.1, 0.15) is 5.78 Å². The lowest BCUT2D eigenvalue weighted by Crippen LogP contribution is -2.63. The molecule has 0 aromatic rings. The highest BCUT2D eigenvalue weighted by molar-refractivity contribution is 5.76. The fourth-order valence-corrected chi connectivity index (χ4v) is 3.01. The van der Waals surface area contributed by atoms with Crippen LogP contribution in [0.1, 0.15) is 39.5 Å². The lowest BCUT2D eigenvalue weighted by atomic mass is 9.91. The molecule has 3 unspecified atom stereocenters. The Hall–Kier alpha value is -0.410. The first-order chi connectivity index (χ1) is 7.18. The van der Waals surface area contributed by atoms with Gasteiger partial charge < -0.3 is 5.32 Å². The van der Waals surface area contributed by atoms with Gasteiger partial charge in [0.2, 0.25) is 0 Å². The number of nitrogens with one attached hydrogen (secondary N) is 1. The molecule has 3 nitrogen and oxygen atoms in total. The van der Waals surface area contributed by atoms with Crippen LogP contribution in [0.2, 0.25) is 0 Å². The maximum Gasteiger partial charge on any atom is 0.131 e. The third-order valence-corrected chi connectivity index (χ3v) is 3.85. The molecule has 86 valence electrons. The summed E-state index contributed by atoms with van der Waals surface area (Å²) >= 11 is 0. The molecule has 0 radical (unpaired) electrons. The molecule has 0 amide bonds. The molecule has 3 atom stereocenters. The Morgan fingerprint density at radius 3 is 3.00 bits per heavy atom. The second kappa shape index (κ2) is 4.62. The van der Waals surface area contributed by atoms with Crippen molar-refractivity contribution in [2.75, 3.05) is 13.1 Å². The lowest BCUT2D eigenvalue weighted by molar-refractivity contribution is -0.119. The van der Waals surface area contributed by atoms with E-state index in [1.54, 1.807) is 6.92 Å². The van der Waals surface area contributed by atoms with Crippen LogP contribution in [0.3, 0.4) is 0 Å². The van der Waals surface area contributed by atoms with Crippen LogP contribution in [0.25, 0.3) is 0 Å². The summed E-state index contributed by atoms with van der Waals surface area (Å²) in [5.74, 6) is 0.319. The SMILES string of the molecule is CC(=O)CC1C(C)NCC2CCCCN21. The third kappa shape index (κ3) is 2.40. The summed E-state index contributed by atoms with van der Waals surface area (Å²) in [6.07, 6.45) is 4.67. The first-order valence-electron chi connectivity index (χ1n) is 6.17. The maximum absolute atomic E-state index is 11.3. The van der Waals surface area contributed by atoms with Gasteiger partial charge in [-0.2, -0.15) is 0 Å². The van der Waals surface area contributed by atoms with Crippen LogP contribution in [0, 0.1) is 0 Å². The molecule has 0 spiro atoms. The van der Waals surface area contributed by atoms with E-state index in [-0.39, 0.29) is 0 Å². The second-order valence-corrected chi connectivity index (χ2v) is 5.06. The van der Waals surface area contributed by atoms with Gasteiger partial charge in [0.25, 0.3) is 0 Å². The first kappa shape index (κ1) is 11.1. The quantitative estimate of drug-likeness (QED) is 0.743. The monoisotopic (exact) mass is 210 g/mol. The normalized spacial score (nSPS) is 37.3. The minimum Gasteiger partial charge on any atom is -0.311 e. The number of fused-ring (bicyclic) bond motifs is 1. The number of rotatable bonds is 2. The van der Waals surface area contributed by atoms with Crippen molar-refractivity contribution in [1.82, 2.24) is 10.2 Å². The summed E-state index contributed by atoms with van der Waals surface area (Å²) in [7, 11) is 0. The maximum atomic E-state index is 11.3. The second-order valence-electron chi connectivity index (χ2n) is 5.06. The van der Waals surface area contributed by atoms with Crippen molar-refractivity contribution in [3.63, 3.8) is 0 Å². The van der Waals surface area contributed by atoms with E-state index in [1.165, 1.54) is 25.8 Å². The summed E-state index contributed by atoms with van der Waals surface area (Å²) in [4.78, 5) is 13.9. The molecule has 1 N–H and O–H groups in total. The highest BCUT2D eigenvalue weighted by atomic mass is 16.1. The third-order valence-electron chi connectivity index (χ3n) is 3.85. The van der Waals surface area contributed by atoms with Gasteiger partial charge in [-0.25, -0.2) is 0 Å². The largest absolute Gasteiger partial charge is 0.311 e. The van der Waals surface area contributed by atoms with Crippen molar-refractivity contribution in [1.29, 1.82) is 0 Å². The van der Waals surface area contributed by atoms with Crippen LogP contribution < -0.4 is 5.32 Å². The Morgan fingerprint density at radius 1 is 1.47 bits per heavy atom. The van der Waals surface area contributed by atoms with Gasteiger partial charge in [-0.3, -0.25) is 9.69 Å². The van der Waals surface area contributed by atoms with E-state index in [0.29, 0.717) is 30.3 Å². The molecule has 0 aromatic heterocycles. The van der Waals surface area contributed by atoms with Gasteiger partial charge in [0.15, 0.2) is 0 Å². The molecular weight excluding hydrogens is 188 g/mol. The standard InChI is InChI=1S/C12H22N2O/c1-9(15)7-12-10(2)13-8-11-5-3-4-6-14(11)12/h10-13H,3-8H2,1-2H3. The molecule has 2 saturated heterocycles. The minimum absolute atomic E-state index is 0.319. The highest BCUT2D eigenvalue weighted by Gasteiger charge is 2.36. The van der Waals surface area contributed by atoms with Crippen LogP contribution in [0.4, 0.5) is 0 Å². The molecule has 2 heterocycles. The summed E-state index contributed by atoms with van der Waals surface area (Å²) in [5.41, 5.74) is 0. The lowest BCUT2D eigenvalue weighted by Gasteiger charge is -2.48. The van der Waals surface area contributed by atoms with Crippen molar-refractivity contribution >= 4 is 5.78 Å². The van der Waals surface area contributed by atoms with Gasteiger partial charge >= 0.3 is 0 Å². The van der Waals surface area contributed by atoms with Crippen LogP contribution >= 0.6 is 0 Å². The predicted molar refractivity (Wildman–Crippen MR) is 60.9 cm³/mol. The molecule has 0 aromatic carbocycles. The number of nitrogens with zero attached hydrogens (tertiary/aromatic N) is 1. The Morgan fingerprint density at radius 2 is 2.27 bits per heavy atom.